The fourth-order valence-corrected chi connectivity index (χ4v) is 1.97. The van der Waals surface area contributed by atoms with Crippen LogP contribution in [0.25, 0.3) is 0 Å². The number of hydrogen-bond acceptors (Lipinski definition) is 2. The molecule has 94 valence electrons. The molecule has 18 heavy (non-hydrogen) atoms. The second-order valence-corrected chi connectivity index (χ2v) is 4.49. The van der Waals surface area contributed by atoms with Gasteiger partial charge in [-0.2, -0.15) is 0 Å². The maximum Gasteiger partial charge on any atom is 0.219 e. The Bertz CT molecular complexity index is 526. The van der Waals surface area contributed by atoms with Gasteiger partial charge in [-0.1, -0.05) is 30.7 Å². The van der Waals surface area contributed by atoms with E-state index in [2.05, 4.69) is 11.9 Å². The molecule has 4 heteroatoms. The first-order chi connectivity index (χ1) is 8.72. The lowest BCUT2D eigenvalue weighted by molar-refractivity contribution is 0.461. The van der Waals surface area contributed by atoms with E-state index in [1.807, 2.05) is 24.3 Å². The van der Waals surface area contributed by atoms with Gasteiger partial charge in [0.05, 0.1) is 16.6 Å². The van der Waals surface area contributed by atoms with E-state index in [-0.39, 0.29) is 5.88 Å². The molecule has 1 aromatic carbocycles. The van der Waals surface area contributed by atoms with Gasteiger partial charge in [0, 0.05) is 6.07 Å². The predicted molar refractivity (Wildman–Crippen MR) is 74.7 cm³/mol. The van der Waals surface area contributed by atoms with Gasteiger partial charge in [-0.25, -0.2) is 4.98 Å². The van der Waals surface area contributed by atoms with Gasteiger partial charge in [0.2, 0.25) is 5.88 Å². The molecule has 0 aliphatic carbocycles. The third-order valence-corrected chi connectivity index (χ3v) is 3.17. The molecule has 2 rings (SSSR count). The van der Waals surface area contributed by atoms with Crippen LogP contribution >= 0.6 is 23.2 Å². The van der Waals surface area contributed by atoms with Gasteiger partial charge in [-0.3, -0.25) is 0 Å². The Kier molecular flexibility index (Phi) is 4.45. The van der Waals surface area contributed by atoms with Gasteiger partial charge in [0.1, 0.15) is 5.75 Å². The van der Waals surface area contributed by atoms with Crippen LogP contribution < -0.4 is 4.74 Å². The fraction of sp³-hybridized carbons (Fsp3) is 0.214. The van der Waals surface area contributed by atoms with E-state index in [0.717, 1.165) is 12.2 Å². The van der Waals surface area contributed by atoms with Gasteiger partial charge < -0.3 is 4.74 Å². The topological polar surface area (TPSA) is 22.1 Å². The zero-order valence-electron chi connectivity index (χ0n) is 9.99. The second kappa shape index (κ2) is 6.07. The first-order valence-corrected chi connectivity index (χ1v) is 6.62. The minimum absolute atomic E-state index is 0.269. The van der Waals surface area contributed by atoms with Crippen LogP contribution in [0.4, 0.5) is 0 Å². The van der Waals surface area contributed by atoms with Gasteiger partial charge >= 0.3 is 0 Å². The monoisotopic (exact) mass is 281 g/mol. The molecule has 0 spiro atoms. The third-order valence-electron chi connectivity index (χ3n) is 2.57. The molecule has 0 saturated carbocycles. The maximum absolute atomic E-state index is 5.94. The number of benzene rings is 1. The number of aromatic nitrogens is 1. The van der Waals surface area contributed by atoms with Crippen LogP contribution in [0.1, 0.15) is 18.2 Å². The van der Waals surface area contributed by atoms with Crippen molar-refractivity contribution in [1.82, 2.24) is 4.98 Å². The highest BCUT2D eigenvalue weighted by molar-refractivity contribution is 6.32. The Balaban J connectivity index is 2.17. The van der Waals surface area contributed by atoms with E-state index in [1.165, 1.54) is 5.56 Å². The van der Waals surface area contributed by atoms with Crippen molar-refractivity contribution in [3.05, 3.63) is 52.7 Å². The molecular formula is C14H13Cl2NO. The molecule has 0 amide bonds. The summed E-state index contributed by atoms with van der Waals surface area (Å²) in [5.41, 5.74) is 1.90. The van der Waals surface area contributed by atoms with Gasteiger partial charge in [-0.15, -0.1) is 11.6 Å². The third kappa shape index (κ3) is 3.15. The fourth-order valence-electron chi connectivity index (χ4n) is 1.53. The van der Waals surface area contributed by atoms with Crippen molar-refractivity contribution in [1.29, 1.82) is 0 Å². The summed E-state index contributed by atoms with van der Waals surface area (Å²) in [7, 11) is 0. The standard InChI is InChI=1S/C14H13Cl2NO/c1-2-10-3-5-11(6-4-10)18-14-8-7-12(16)13(9-15)17-14/h3-8H,2,9H2,1H3. The van der Waals surface area contributed by atoms with Gasteiger partial charge in [0.25, 0.3) is 0 Å². The molecular weight excluding hydrogens is 269 g/mol. The van der Waals surface area contributed by atoms with Crippen LogP contribution in [0.3, 0.4) is 0 Å². The summed E-state index contributed by atoms with van der Waals surface area (Å²) in [6, 6.07) is 11.4. The zero-order chi connectivity index (χ0) is 13.0. The van der Waals surface area contributed by atoms with Gasteiger partial charge in [0.15, 0.2) is 0 Å². The molecule has 2 nitrogen and oxygen atoms in total. The van der Waals surface area contributed by atoms with Crippen molar-refractivity contribution in [3.63, 3.8) is 0 Å². The van der Waals surface area contributed by atoms with Crippen molar-refractivity contribution >= 4 is 23.2 Å². The Morgan fingerprint density at radius 3 is 2.44 bits per heavy atom. The average Bonchev–Trinajstić information content (AvgIpc) is 2.42. The van der Waals surface area contributed by atoms with E-state index in [0.29, 0.717) is 16.6 Å². The number of halogens is 2. The first-order valence-electron chi connectivity index (χ1n) is 5.71. The molecule has 0 bridgehead atoms. The van der Waals surface area contributed by atoms with Crippen molar-refractivity contribution in [2.75, 3.05) is 0 Å². The number of pyridine rings is 1. The Labute approximate surface area is 117 Å². The SMILES string of the molecule is CCc1ccc(Oc2ccc(Cl)c(CCl)n2)cc1. The first kappa shape index (κ1) is 13.2. The number of nitrogens with zero attached hydrogens (tertiary/aromatic N) is 1. The summed E-state index contributed by atoms with van der Waals surface area (Å²) in [4.78, 5) is 4.24. The number of ether oxygens (including phenoxy) is 1. The molecule has 1 heterocycles. The maximum atomic E-state index is 5.94. The summed E-state index contributed by atoms with van der Waals surface area (Å²) in [6.07, 6.45) is 1.01. The highest BCUT2D eigenvalue weighted by Crippen LogP contribution is 2.24. The summed E-state index contributed by atoms with van der Waals surface area (Å²) in [5.74, 6) is 1.52. The molecule has 0 atom stereocenters. The number of hydrogen-bond donors (Lipinski definition) is 0. The van der Waals surface area contributed by atoms with Crippen LogP contribution in [0, 0.1) is 0 Å². The van der Waals surface area contributed by atoms with Crippen LogP contribution in [-0.2, 0) is 12.3 Å². The Morgan fingerprint density at radius 2 is 1.83 bits per heavy atom. The summed E-state index contributed by atoms with van der Waals surface area (Å²) in [5, 5.41) is 0.554. The molecule has 0 aliphatic rings. The largest absolute Gasteiger partial charge is 0.439 e. The average molecular weight is 282 g/mol. The lowest BCUT2D eigenvalue weighted by Crippen LogP contribution is -1.92. The Hall–Kier alpha value is -1.25. The second-order valence-electron chi connectivity index (χ2n) is 3.81. The van der Waals surface area contributed by atoms with Gasteiger partial charge in [-0.05, 0) is 30.2 Å². The molecule has 0 saturated heterocycles. The van der Waals surface area contributed by atoms with E-state index >= 15 is 0 Å². The molecule has 1 aromatic heterocycles. The van der Waals surface area contributed by atoms with Crippen LogP contribution in [0.5, 0.6) is 11.6 Å². The normalized spacial score (nSPS) is 10.4. The highest BCUT2D eigenvalue weighted by atomic mass is 35.5. The lowest BCUT2D eigenvalue weighted by atomic mass is 10.2. The molecule has 0 fully saturated rings. The number of alkyl halides is 1. The van der Waals surface area contributed by atoms with Crippen molar-refractivity contribution in [2.45, 2.75) is 19.2 Å². The smallest absolute Gasteiger partial charge is 0.219 e. The predicted octanol–water partition coefficient (Wildman–Crippen LogP) is 4.83. The summed E-state index contributed by atoms with van der Waals surface area (Å²) >= 11 is 11.7. The van der Waals surface area contributed by atoms with E-state index in [9.17, 15) is 0 Å². The molecule has 0 aliphatic heterocycles. The highest BCUT2D eigenvalue weighted by Gasteiger charge is 2.04. The van der Waals surface area contributed by atoms with Crippen LogP contribution in [-0.4, -0.2) is 4.98 Å². The molecule has 0 N–H and O–H groups in total. The van der Waals surface area contributed by atoms with Crippen LogP contribution in [0.15, 0.2) is 36.4 Å². The van der Waals surface area contributed by atoms with Crippen LogP contribution in [0.2, 0.25) is 5.02 Å². The quantitative estimate of drug-likeness (QED) is 0.749. The minimum Gasteiger partial charge on any atom is -0.439 e. The lowest BCUT2D eigenvalue weighted by Gasteiger charge is -2.07. The van der Waals surface area contributed by atoms with E-state index in [1.54, 1.807) is 12.1 Å². The molecule has 2 aromatic rings. The zero-order valence-corrected chi connectivity index (χ0v) is 11.5. The minimum atomic E-state index is 0.269. The summed E-state index contributed by atoms with van der Waals surface area (Å²) < 4.78 is 5.65. The number of aryl methyl sites for hydroxylation is 1. The van der Waals surface area contributed by atoms with Crippen molar-refractivity contribution in [2.24, 2.45) is 0 Å². The van der Waals surface area contributed by atoms with Crippen molar-refractivity contribution < 1.29 is 4.74 Å². The molecule has 0 unspecified atom stereocenters. The van der Waals surface area contributed by atoms with Crippen molar-refractivity contribution in [3.8, 4) is 11.6 Å². The number of rotatable bonds is 4. The summed E-state index contributed by atoms with van der Waals surface area (Å²) in [6.45, 7) is 2.11. The molecule has 0 radical (unpaired) electrons. The van der Waals surface area contributed by atoms with E-state index < -0.39 is 0 Å². The van der Waals surface area contributed by atoms with E-state index in [4.69, 9.17) is 27.9 Å². The Morgan fingerprint density at radius 1 is 1.11 bits per heavy atom.